The molecule has 0 heterocycles. The summed E-state index contributed by atoms with van der Waals surface area (Å²) >= 11 is 5.10. The third kappa shape index (κ3) is 4.81. The first-order chi connectivity index (χ1) is 9.54. The van der Waals surface area contributed by atoms with Gasteiger partial charge in [0, 0.05) is 11.6 Å². The molecule has 0 radical (unpaired) electrons. The van der Waals surface area contributed by atoms with Crippen LogP contribution in [0.3, 0.4) is 0 Å². The maximum absolute atomic E-state index is 11.6. The van der Waals surface area contributed by atoms with Crippen LogP contribution in [0, 0.1) is 11.8 Å². The molecule has 1 aliphatic rings. The van der Waals surface area contributed by atoms with Crippen LogP contribution in [0.25, 0.3) is 0 Å². The fourth-order valence-corrected chi connectivity index (χ4v) is 1.84. The van der Waals surface area contributed by atoms with Crippen molar-refractivity contribution >= 4 is 28.9 Å². The van der Waals surface area contributed by atoms with Crippen molar-refractivity contribution in [2.24, 2.45) is 11.8 Å². The average molecular weight is 292 g/mol. The third-order valence-corrected chi connectivity index (χ3v) is 3.08. The van der Waals surface area contributed by atoms with Gasteiger partial charge in [0.25, 0.3) is 0 Å². The minimum Gasteiger partial charge on any atom is -0.493 e. The minimum atomic E-state index is 0.0133. The first-order valence-corrected chi connectivity index (χ1v) is 7.30. The standard InChI is InChI=1S/C15H20N2O2S/c1-10(2)9-19-13-7-5-12(6-8-13)16-15(20)17-14(18)11-3-4-11/h5-8,10-11H,3-4,9H2,1-2H3,(H2,16,17,18,20). The van der Waals surface area contributed by atoms with Crippen LogP contribution in [0.5, 0.6) is 5.75 Å². The van der Waals surface area contributed by atoms with Gasteiger partial charge in [0.15, 0.2) is 5.11 Å². The van der Waals surface area contributed by atoms with Crippen LogP contribution < -0.4 is 15.4 Å². The molecule has 20 heavy (non-hydrogen) atoms. The van der Waals surface area contributed by atoms with Gasteiger partial charge < -0.3 is 15.4 Å². The lowest BCUT2D eigenvalue weighted by Crippen LogP contribution is -2.35. The van der Waals surface area contributed by atoms with E-state index in [1.807, 2.05) is 24.3 Å². The van der Waals surface area contributed by atoms with Gasteiger partial charge in [0.1, 0.15) is 5.75 Å². The number of hydrogen-bond donors (Lipinski definition) is 2. The highest BCUT2D eigenvalue weighted by molar-refractivity contribution is 7.80. The van der Waals surface area contributed by atoms with Gasteiger partial charge in [-0.1, -0.05) is 13.8 Å². The molecule has 0 spiro atoms. The van der Waals surface area contributed by atoms with Gasteiger partial charge in [-0.3, -0.25) is 4.79 Å². The van der Waals surface area contributed by atoms with Crippen LogP contribution in [0.1, 0.15) is 26.7 Å². The average Bonchev–Trinajstić information content (AvgIpc) is 3.22. The van der Waals surface area contributed by atoms with E-state index in [1.165, 1.54) is 0 Å². The molecule has 1 aliphatic carbocycles. The van der Waals surface area contributed by atoms with Crippen molar-refractivity contribution < 1.29 is 9.53 Å². The van der Waals surface area contributed by atoms with Crippen molar-refractivity contribution in [3.05, 3.63) is 24.3 Å². The zero-order valence-electron chi connectivity index (χ0n) is 11.8. The summed E-state index contributed by atoms with van der Waals surface area (Å²) in [6.45, 7) is 4.91. The predicted octanol–water partition coefficient (Wildman–Crippen LogP) is 2.94. The maximum Gasteiger partial charge on any atom is 0.229 e. The van der Waals surface area contributed by atoms with Crippen LogP contribution in [-0.4, -0.2) is 17.6 Å². The molecule has 1 aromatic carbocycles. The van der Waals surface area contributed by atoms with Gasteiger partial charge >= 0.3 is 0 Å². The Morgan fingerprint density at radius 3 is 2.55 bits per heavy atom. The number of ether oxygens (including phenoxy) is 1. The highest BCUT2D eigenvalue weighted by Crippen LogP contribution is 2.28. The molecule has 108 valence electrons. The monoisotopic (exact) mass is 292 g/mol. The number of anilines is 1. The summed E-state index contributed by atoms with van der Waals surface area (Å²) in [4.78, 5) is 11.6. The number of nitrogens with one attached hydrogen (secondary N) is 2. The van der Waals surface area contributed by atoms with Crippen molar-refractivity contribution in [3.63, 3.8) is 0 Å². The molecule has 0 aliphatic heterocycles. The summed E-state index contributed by atoms with van der Waals surface area (Å²) in [6, 6.07) is 7.53. The van der Waals surface area contributed by atoms with Gasteiger partial charge in [-0.15, -0.1) is 0 Å². The summed E-state index contributed by atoms with van der Waals surface area (Å²) in [5, 5.41) is 6.03. The van der Waals surface area contributed by atoms with Crippen molar-refractivity contribution in [1.29, 1.82) is 0 Å². The van der Waals surface area contributed by atoms with E-state index in [9.17, 15) is 4.79 Å². The molecule has 1 saturated carbocycles. The van der Waals surface area contributed by atoms with Gasteiger partial charge in [-0.05, 0) is 55.2 Å². The van der Waals surface area contributed by atoms with E-state index in [4.69, 9.17) is 17.0 Å². The topological polar surface area (TPSA) is 50.4 Å². The fraction of sp³-hybridized carbons (Fsp3) is 0.467. The Hall–Kier alpha value is -1.62. The van der Waals surface area contributed by atoms with Crippen molar-refractivity contribution in [3.8, 4) is 5.75 Å². The SMILES string of the molecule is CC(C)COc1ccc(NC(=S)NC(=O)C2CC2)cc1. The smallest absolute Gasteiger partial charge is 0.229 e. The van der Waals surface area contributed by atoms with Crippen LogP contribution in [-0.2, 0) is 4.79 Å². The zero-order valence-corrected chi connectivity index (χ0v) is 12.6. The van der Waals surface area contributed by atoms with E-state index in [1.54, 1.807) is 0 Å². The molecule has 0 atom stereocenters. The molecule has 1 amide bonds. The highest BCUT2D eigenvalue weighted by atomic mass is 32.1. The summed E-state index contributed by atoms with van der Waals surface area (Å²) in [7, 11) is 0. The number of amides is 1. The van der Waals surface area contributed by atoms with Crippen molar-refractivity contribution in [2.75, 3.05) is 11.9 Å². The molecule has 4 nitrogen and oxygen atoms in total. The largest absolute Gasteiger partial charge is 0.493 e. The van der Waals surface area contributed by atoms with E-state index in [0.717, 1.165) is 24.3 Å². The van der Waals surface area contributed by atoms with Gasteiger partial charge in [0.2, 0.25) is 5.91 Å². The summed E-state index contributed by atoms with van der Waals surface area (Å²) in [6.07, 6.45) is 1.94. The summed E-state index contributed by atoms with van der Waals surface area (Å²) in [5.41, 5.74) is 0.836. The van der Waals surface area contributed by atoms with Crippen LogP contribution in [0.2, 0.25) is 0 Å². The molecule has 5 heteroatoms. The quantitative estimate of drug-likeness (QED) is 0.819. The Balaban J connectivity index is 1.80. The Bertz CT molecular complexity index is 481. The molecular weight excluding hydrogens is 272 g/mol. The lowest BCUT2D eigenvalue weighted by Gasteiger charge is -2.11. The van der Waals surface area contributed by atoms with Gasteiger partial charge in [-0.25, -0.2) is 0 Å². The normalized spacial score (nSPS) is 13.9. The Morgan fingerprint density at radius 2 is 2.00 bits per heavy atom. The maximum atomic E-state index is 11.6. The molecule has 0 bridgehead atoms. The second-order valence-corrected chi connectivity index (χ2v) is 5.86. The number of benzene rings is 1. The first kappa shape index (κ1) is 14.8. The second kappa shape index (κ2) is 6.70. The number of hydrogen-bond acceptors (Lipinski definition) is 3. The molecule has 2 rings (SSSR count). The predicted molar refractivity (Wildman–Crippen MR) is 83.9 cm³/mol. The molecule has 0 aromatic heterocycles. The van der Waals surface area contributed by atoms with Crippen LogP contribution >= 0.6 is 12.2 Å². The molecule has 0 unspecified atom stereocenters. The molecule has 2 N–H and O–H groups in total. The minimum absolute atomic E-state index is 0.0133. The van der Waals surface area contributed by atoms with E-state index < -0.39 is 0 Å². The first-order valence-electron chi connectivity index (χ1n) is 6.89. The second-order valence-electron chi connectivity index (χ2n) is 5.45. The molecule has 1 aromatic rings. The fourth-order valence-electron chi connectivity index (χ4n) is 1.62. The van der Waals surface area contributed by atoms with Crippen LogP contribution in [0.4, 0.5) is 5.69 Å². The Labute approximate surface area is 124 Å². The van der Waals surface area contributed by atoms with Crippen LogP contribution in [0.15, 0.2) is 24.3 Å². The van der Waals surface area contributed by atoms with Gasteiger partial charge in [-0.2, -0.15) is 0 Å². The van der Waals surface area contributed by atoms with Crippen molar-refractivity contribution in [1.82, 2.24) is 5.32 Å². The summed E-state index contributed by atoms with van der Waals surface area (Å²) < 4.78 is 5.60. The number of thiocarbonyl (C=S) groups is 1. The Morgan fingerprint density at radius 1 is 1.35 bits per heavy atom. The van der Waals surface area contributed by atoms with E-state index in [0.29, 0.717) is 17.6 Å². The molecular formula is C15H20N2O2S. The third-order valence-electron chi connectivity index (χ3n) is 2.88. The van der Waals surface area contributed by atoms with E-state index in [-0.39, 0.29) is 11.8 Å². The zero-order chi connectivity index (χ0) is 14.5. The molecule has 0 saturated heterocycles. The highest BCUT2D eigenvalue weighted by Gasteiger charge is 2.29. The van der Waals surface area contributed by atoms with Crippen molar-refractivity contribution in [2.45, 2.75) is 26.7 Å². The van der Waals surface area contributed by atoms with Gasteiger partial charge in [0.05, 0.1) is 6.61 Å². The number of carbonyl (C=O) groups is 1. The number of rotatable bonds is 5. The van der Waals surface area contributed by atoms with E-state index >= 15 is 0 Å². The lowest BCUT2D eigenvalue weighted by atomic mass is 10.2. The molecule has 1 fully saturated rings. The number of carbonyl (C=O) groups excluding carboxylic acids is 1. The Kier molecular flexibility index (Phi) is 4.95. The lowest BCUT2D eigenvalue weighted by molar-refractivity contribution is -0.120. The van der Waals surface area contributed by atoms with E-state index in [2.05, 4.69) is 24.5 Å². The summed E-state index contributed by atoms with van der Waals surface area (Å²) in [5.74, 6) is 1.50.